The molecule has 3 N–H and O–H groups in total. The minimum Gasteiger partial charge on any atom is -0.321 e. The third-order valence-corrected chi connectivity index (χ3v) is 9.21. The molecule has 46 heavy (non-hydrogen) atoms. The maximum absolute atomic E-state index is 14.3. The van der Waals surface area contributed by atoms with Crippen LogP contribution in [0.15, 0.2) is 67.7 Å². The van der Waals surface area contributed by atoms with Crippen molar-refractivity contribution < 1.29 is 0 Å². The molecule has 0 spiro atoms. The van der Waals surface area contributed by atoms with Gasteiger partial charge < -0.3 is 4.57 Å². The highest BCUT2D eigenvalue weighted by molar-refractivity contribution is 5.92. The number of rotatable bonds is 4. The molecule has 0 bridgehead atoms. The Morgan fingerprint density at radius 2 is 1.59 bits per heavy atom. The lowest BCUT2D eigenvalue weighted by molar-refractivity contribution is 0.362. The van der Waals surface area contributed by atoms with E-state index in [1.165, 1.54) is 35.0 Å². The first-order valence-electron chi connectivity index (χ1n) is 15.1. The van der Waals surface area contributed by atoms with Crippen molar-refractivity contribution in [2.75, 3.05) is 0 Å². The molecule has 3 aromatic carbocycles. The summed E-state index contributed by atoms with van der Waals surface area (Å²) in [5.74, 6) is 1.26. The van der Waals surface area contributed by atoms with E-state index in [1.807, 2.05) is 31.2 Å². The van der Waals surface area contributed by atoms with Crippen molar-refractivity contribution in [2.45, 2.75) is 45.1 Å². The standard InChI is InChI=1S/C32H28N10O4/c1-16-20(28-33-24-14-17(27-34-38-39-35-27)8-13-25(24)41(28)18-6-4-3-5-7-18)11-12-22-26(16)32(46)42(40(2)31(22)45)19-9-10-21-23(15-19)30(44)37-36-29(21)43/h8-15,18H,3-7H2,1-2H3,(H,36,43)(H,37,44)(H,34,35,38,39). The zero-order chi connectivity index (χ0) is 31.7. The van der Waals surface area contributed by atoms with Crippen molar-refractivity contribution in [3.8, 4) is 28.5 Å². The van der Waals surface area contributed by atoms with Gasteiger partial charge in [-0.25, -0.2) is 19.4 Å². The molecule has 14 nitrogen and oxygen atoms in total. The lowest BCUT2D eigenvalue weighted by Gasteiger charge is -2.26. The van der Waals surface area contributed by atoms with Crippen LogP contribution in [0, 0.1) is 6.92 Å². The van der Waals surface area contributed by atoms with Crippen LogP contribution < -0.4 is 22.2 Å². The molecule has 7 aromatic rings. The molecule has 0 saturated heterocycles. The number of nitrogens with zero attached hydrogens (tertiary/aromatic N) is 7. The van der Waals surface area contributed by atoms with Gasteiger partial charge in [0.15, 0.2) is 5.82 Å². The van der Waals surface area contributed by atoms with Crippen LogP contribution in [0.4, 0.5) is 0 Å². The van der Waals surface area contributed by atoms with E-state index in [9.17, 15) is 19.2 Å². The Labute approximate surface area is 258 Å². The number of fused-ring (bicyclic) bond motifs is 3. The summed E-state index contributed by atoms with van der Waals surface area (Å²) in [7, 11) is 1.50. The summed E-state index contributed by atoms with van der Waals surface area (Å²) < 4.78 is 4.74. The van der Waals surface area contributed by atoms with Gasteiger partial charge in [0.25, 0.3) is 22.2 Å². The van der Waals surface area contributed by atoms with Crippen LogP contribution >= 0.6 is 0 Å². The number of aromatic nitrogens is 10. The molecule has 230 valence electrons. The molecular weight excluding hydrogens is 588 g/mol. The molecular formula is C32H28N10O4. The van der Waals surface area contributed by atoms with Crippen molar-refractivity contribution >= 4 is 32.6 Å². The quantitative estimate of drug-likeness (QED) is 0.269. The second-order valence-electron chi connectivity index (χ2n) is 11.8. The van der Waals surface area contributed by atoms with Crippen LogP contribution in [-0.4, -0.2) is 49.7 Å². The molecule has 0 radical (unpaired) electrons. The van der Waals surface area contributed by atoms with Crippen LogP contribution in [0.1, 0.15) is 43.7 Å². The van der Waals surface area contributed by atoms with Gasteiger partial charge in [0.05, 0.1) is 38.3 Å². The summed E-state index contributed by atoms with van der Waals surface area (Å²) in [5.41, 5.74) is 2.39. The van der Waals surface area contributed by atoms with Crippen molar-refractivity contribution in [3.05, 3.63) is 95.5 Å². The fraction of sp³-hybridized carbons (Fsp3) is 0.250. The van der Waals surface area contributed by atoms with Crippen LogP contribution in [0.2, 0.25) is 0 Å². The van der Waals surface area contributed by atoms with E-state index in [1.54, 1.807) is 12.1 Å². The highest BCUT2D eigenvalue weighted by Crippen LogP contribution is 2.38. The zero-order valence-corrected chi connectivity index (χ0v) is 25.0. The number of nitrogens with one attached hydrogen (secondary N) is 3. The highest BCUT2D eigenvalue weighted by Gasteiger charge is 2.25. The number of hydrogen-bond acceptors (Lipinski definition) is 8. The van der Waals surface area contributed by atoms with E-state index < -0.39 is 16.7 Å². The molecule has 4 aromatic heterocycles. The van der Waals surface area contributed by atoms with Gasteiger partial charge in [-0.15, -0.1) is 5.10 Å². The number of hydrogen-bond donors (Lipinski definition) is 3. The van der Waals surface area contributed by atoms with Gasteiger partial charge in [0.2, 0.25) is 0 Å². The first kappa shape index (κ1) is 27.6. The number of tetrazole rings is 1. The topological polar surface area (TPSA) is 182 Å². The van der Waals surface area contributed by atoms with Crippen molar-refractivity contribution in [1.29, 1.82) is 0 Å². The second kappa shape index (κ2) is 10.3. The Kier molecular flexibility index (Phi) is 6.20. The van der Waals surface area contributed by atoms with Crippen LogP contribution in [0.25, 0.3) is 61.0 Å². The molecule has 1 fully saturated rings. The van der Waals surface area contributed by atoms with Gasteiger partial charge in [0.1, 0.15) is 5.82 Å². The molecule has 8 rings (SSSR count). The van der Waals surface area contributed by atoms with Gasteiger partial charge in [-0.05, 0) is 78.2 Å². The zero-order valence-electron chi connectivity index (χ0n) is 25.0. The molecule has 14 heteroatoms. The van der Waals surface area contributed by atoms with Crippen molar-refractivity contribution in [3.63, 3.8) is 0 Å². The number of H-pyrrole nitrogens is 3. The fourth-order valence-corrected chi connectivity index (χ4v) is 6.93. The summed E-state index contributed by atoms with van der Waals surface area (Å²) in [5, 5.41) is 19.7. The fourth-order valence-electron chi connectivity index (χ4n) is 6.93. The van der Waals surface area contributed by atoms with Gasteiger partial charge >= 0.3 is 0 Å². The first-order valence-corrected chi connectivity index (χ1v) is 15.1. The van der Waals surface area contributed by atoms with E-state index >= 15 is 0 Å². The number of benzene rings is 3. The molecule has 1 aliphatic carbocycles. The summed E-state index contributed by atoms with van der Waals surface area (Å²) in [6.45, 7) is 1.84. The lowest BCUT2D eigenvalue weighted by atomic mass is 9.94. The Morgan fingerprint density at radius 3 is 2.35 bits per heavy atom. The van der Waals surface area contributed by atoms with Crippen LogP contribution in [-0.2, 0) is 7.05 Å². The maximum atomic E-state index is 14.3. The number of aromatic amines is 3. The normalized spacial score (nSPS) is 14.1. The smallest absolute Gasteiger partial charge is 0.278 e. The van der Waals surface area contributed by atoms with Crippen LogP contribution in [0.5, 0.6) is 0 Å². The Hall–Kier alpha value is -5.92. The largest absolute Gasteiger partial charge is 0.321 e. The molecule has 0 unspecified atom stereocenters. The average molecular weight is 617 g/mol. The van der Waals surface area contributed by atoms with Crippen LogP contribution in [0.3, 0.4) is 0 Å². The van der Waals surface area contributed by atoms with Gasteiger partial charge in [0, 0.05) is 24.2 Å². The SMILES string of the molecule is Cc1c(-c2nc3cc(-c4nnn[nH]4)ccc3n2C2CCCCC2)ccc2c(=O)n(C)n(-c3ccc4c(=O)[nH][nH]c(=O)c4c3)c(=O)c12. The first-order chi connectivity index (χ1) is 22.3. The van der Waals surface area contributed by atoms with Gasteiger partial charge in [-0.2, -0.15) is 0 Å². The minimum absolute atomic E-state index is 0.104. The second-order valence-corrected chi connectivity index (χ2v) is 11.8. The van der Waals surface area contributed by atoms with E-state index in [4.69, 9.17) is 4.98 Å². The average Bonchev–Trinajstić information content (AvgIpc) is 3.74. The molecule has 0 amide bonds. The molecule has 0 atom stereocenters. The summed E-state index contributed by atoms with van der Waals surface area (Å²) in [4.78, 5) is 58.0. The van der Waals surface area contributed by atoms with Gasteiger partial charge in [-0.1, -0.05) is 25.3 Å². The summed E-state index contributed by atoms with van der Waals surface area (Å²) >= 11 is 0. The molecule has 1 saturated carbocycles. The highest BCUT2D eigenvalue weighted by atomic mass is 16.2. The molecule has 4 heterocycles. The predicted octanol–water partition coefficient (Wildman–Crippen LogP) is 3.23. The molecule has 0 aliphatic heterocycles. The molecule has 1 aliphatic rings. The number of imidazole rings is 1. The Bertz CT molecular complexity index is 2580. The summed E-state index contributed by atoms with van der Waals surface area (Å²) in [6.07, 6.45) is 5.44. The van der Waals surface area contributed by atoms with E-state index in [-0.39, 0.29) is 38.8 Å². The third kappa shape index (κ3) is 4.09. The van der Waals surface area contributed by atoms with E-state index in [2.05, 4.69) is 35.4 Å². The number of aryl methyl sites for hydroxylation is 1. The van der Waals surface area contributed by atoms with Crippen molar-refractivity contribution in [1.82, 2.24) is 49.7 Å². The third-order valence-electron chi connectivity index (χ3n) is 9.21. The predicted molar refractivity (Wildman–Crippen MR) is 172 cm³/mol. The van der Waals surface area contributed by atoms with E-state index in [0.717, 1.165) is 53.7 Å². The van der Waals surface area contributed by atoms with E-state index in [0.29, 0.717) is 11.4 Å². The van der Waals surface area contributed by atoms with Gasteiger partial charge in [-0.3, -0.25) is 29.4 Å². The Morgan fingerprint density at radius 1 is 0.826 bits per heavy atom. The summed E-state index contributed by atoms with van der Waals surface area (Å²) in [6, 6.07) is 14.2. The maximum Gasteiger partial charge on any atom is 0.278 e. The van der Waals surface area contributed by atoms with Crippen molar-refractivity contribution in [2.24, 2.45) is 7.05 Å². The Balaban J connectivity index is 1.38. The monoisotopic (exact) mass is 616 g/mol. The lowest BCUT2D eigenvalue weighted by Crippen LogP contribution is -2.36. The minimum atomic E-state index is -0.516.